The van der Waals surface area contributed by atoms with Crippen molar-refractivity contribution in [2.45, 2.75) is 78.1 Å². The molecular formula is C18H32O. The quantitative estimate of drug-likeness (QED) is 0.231. The molecule has 1 heteroatoms. The van der Waals surface area contributed by atoms with Crippen LogP contribution in [0.15, 0.2) is 24.3 Å². The number of aldehydes is 1. The molecular weight excluding hydrogens is 232 g/mol. The molecule has 0 aromatic heterocycles. The highest BCUT2D eigenvalue weighted by Crippen LogP contribution is 2.12. The Balaban J connectivity index is 3.31. The first-order valence-electron chi connectivity index (χ1n) is 8.04. The van der Waals surface area contributed by atoms with E-state index >= 15 is 0 Å². The lowest BCUT2D eigenvalue weighted by molar-refractivity contribution is -0.108. The van der Waals surface area contributed by atoms with E-state index in [0.29, 0.717) is 12.3 Å². The summed E-state index contributed by atoms with van der Waals surface area (Å²) in [6.45, 7) is 4.48. The summed E-state index contributed by atoms with van der Waals surface area (Å²) in [5, 5.41) is 0. The van der Waals surface area contributed by atoms with Crippen LogP contribution in [-0.2, 0) is 4.79 Å². The number of hydrogen-bond acceptors (Lipinski definition) is 1. The van der Waals surface area contributed by atoms with Crippen molar-refractivity contribution < 1.29 is 4.79 Å². The molecule has 0 heterocycles. The lowest BCUT2D eigenvalue weighted by atomic mass is 10.00. The number of carbonyl (C=O) groups excluding carboxylic acids is 1. The van der Waals surface area contributed by atoms with E-state index in [1.165, 1.54) is 38.5 Å². The summed E-state index contributed by atoms with van der Waals surface area (Å²) in [6, 6.07) is 0. The molecule has 110 valence electrons. The average Bonchev–Trinajstić information content (AvgIpc) is 2.42. The van der Waals surface area contributed by atoms with Gasteiger partial charge in [0.2, 0.25) is 0 Å². The molecule has 0 aliphatic carbocycles. The Morgan fingerprint density at radius 3 is 2.00 bits per heavy atom. The van der Waals surface area contributed by atoms with E-state index in [9.17, 15) is 4.79 Å². The maximum absolute atomic E-state index is 10.2. The highest BCUT2D eigenvalue weighted by Gasteiger charge is 1.98. The minimum atomic E-state index is 0.674. The normalized spacial score (nSPS) is 13.4. The van der Waals surface area contributed by atoms with Gasteiger partial charge >= 0.3 is 0 Å². The number of unbranched alkanes of at least 4 members (excludes halogenated alkanes) is 4. The van der Waals surface area contributed by atoms with E-state index in [4.69, 9.17) is 0 Å². The third-order valence-electron chi connectivity index (χ3n) is 3.41. The molecule has 0 aromatic carbocycles. The van der Waals surface area contributed by atoms with Crippen molar-refractivity contribution in [1.82, 2.24) is 0 Å². The smallest absolute Gasteiger partial charge is 0.120 e. The van der Waals surface area contributed by atoms with Crippen molar-refractivity contribution in [2.75, 3.05) is 0 Å². The summed E-state index contributed by atoms with van der Waals surface area (Å²) in [6.07, 6.45) is 21.9. The van der Waals surface area contributed by atoms with Crippen LogP contribution in [0.2, 0.25) is 0 Å². The molecule has 0 bridgehead atoms. The lowest BCUT2D eigenvalue weighted by Crippen LogP contribution is -1.93. The van der Waals surface area contributed by atoms with Gasteiger partial charge in [-0.2, -0.15) is 0 Å². The minimum absolute atomic E-state index is 0.674. The molecule has 0 fully saturated rings. The lowest BCUT2D eigenvalue weighted by Gasteiger charge is -2.06. The van der Waals surface area contributed by atoms with Crippen LogP contribution in [0.4, 0.5) is 0 Å². The molecule has 1 nitrogen and oxygen atoms in total. The number of carbonyl (C=O) groups is 1. The predicted octanol–water partition coefficient (Wildman–Crippen LogP) is 5.85. The van der Waals surface area contributed by atoms with Gasteiger partial charge in [0.1, 0.15) is 6.29 Å². The second-order valence-electron chi connectivity index (χ2n) is 5.44. The summed E-state index contributed by atoms with van der Waals surface area (Å²) >= 11 is 0. The van der Waals surface area contributed by atoms with Crippen LogP contribution < -0.4 is 0 Å². The zero-order valence-corrected chi connectivity index (χ0v) is 12.9. The fourth-order valence-electron chi connectivity index (χ4n) is 2.05. The molecule has 0 aliphatic heterocycles. The molecule has 0 amide bonds. The Morgan fingerprint density at radius 1 is 0.789 bits per heavy atom. The topological polar surface area (TPSA) is 17.1 Å². The molecule has 19 heavy (non-hydrogen) atoms. The van der Waals surface area contributed by atoms with E-state index in [0.717, 1.165) is 25.5 Å². The third-order valence-corrected chi connectivity index (χ3v) is 3.41. The van der Waals surface area contributed by atoms with E-state index in [1.807, 2.05) is 0 Å². The minimum Gasteiger partial charge on any atom is -0.303 e. The monoisotopic (exact) mass is 264 g/mol. The van der Waals surface area contributed by atoms with Gasteiger partial charge in [0.15, 0.2) is 0 Å². The Bertz CT molecular complexity index is 240. The van der Waals surface area contributed by atoms with Crippen LogP contribution in [0.5, 0.6) is 0 Å². The van der Waals surface area contributed by atoms with Crippen LogP contribution >= 0.6 is 0 Å². The van der Waals surface area contributed by atoms with E-state index in [-0.39, 0.29) is 0 Å². The Labute approximate surface area is 120 Å². The molecule has 0 aliphatic rings. The molecule has 0 rings (SSSR count). The summed E-state index contributed by atoms with van der Waals surface area (Å²) in [4.78, 5) is 10.2. The first kappa shape index (κ1) is 18.1. The molecule has 0 aromatic rings. The van der Waals surface area contributed by atoms with Crippen molar-refractivity contribution in [3.8, 4) is 0 Å². The largest absolute Gasteiger partial charge is 0.303 e. The number of hydrogen-bond donors (Lipinski definition) is 0. The van der Waals surface area contributed by atoms with Crippen molar-refractivity contribution in [1.29, 1.82) is 0 Å². The maximum Gasteiger partial charge on any atom is 0.120 e. The van der Waals surface area contributed by atoms with E-state index < -0.39 is 0 Å². The first-order chi connectivity index (χ1) is 9.31. The summed E-state index contributed by atoms with van der Waals surface area (Å²) < 4.78 is 0. The Kier molecular flexibility index (Phi) is 14.5. The van der Waals surface area contributed by atoms with E-state index in [1.54, 1.807) is 0 Å². The summed E-state index contributed by atoms with van der Waals surface area (Å²) in [5.41, 5.74) is 0. The van der Waals surface area contributed by atoms with Gasteiger partial charge in [0, 0.05) is 6.42 Å². The molecule has 0 saturated heterocycles. The standard InChI is InChI=1S/C18H32O/c1-3-4-5-6-7-8-9-10-11-12-13-15-18(2)16-14-17-19/h7-8,11-12,17-18H,3-6,9-10,13-16H2,1-2H3. The molecule has 0 N–H and O–H groups in total. The maximum atomic E-state index is 10.2. The Hall–Kier alpha value is -0.850. The van der Waals surface area contributed by atoms with Crippen LogP contribution in [-0.4, -0.2) is 6.29 Å². The highest BCUT2D eigenvalue weighted by molar-refractivity contribution is 5.49. The molecule has 1 atom stereocenters. The van der Waals surface area contributed by atoms with Gasteiger partial charge in [0.05, 0.1) is 0 Å². The number of allylic oxidation sites excluding steroid dienone is 4. The van der Waals surface area contributed by atoms with Crippen molar-refractivity contribution in [2.24, 2.45) is 5.92 Å². The molecule has 0 spiro atoms. The van der Waals surface area contributed by atoms with Gasteiger partial charge in [-0.15, -0.1) is 0 Å². The van der Waals surface area contributed by atoms with E-state index in [2.05, 4.69) is 38.2 Å². The van der Waals surface area contributed by atoms with Crippen molar-refractivity contribution in [3.63, 3.8) is 0 Å². The van der Waals surface area contributed by atoms with Crippen LogP contribution in [0.1, 0.15) is 78.1 Å². The number of rotatable bonds is 13. The van der Waals surface area contributed by atoms with Gasteiger partial charge in [-0.05, 0) is 50.9 Å². The Morgan fingerprint density at radius 2 is 1.37 bits per heavy atom. The predicted molar refractivity (Wildman–Crippen MR) is 85.4 cm³/mol. The fraction of sp³-hybridized carbons (Fsp3) is 0.722. The first-order valence-corrected chi connectivity index (χ1v) is 8.04. The summed E-state index contributed by atoms with van der Waals surface area (Å²) in [7, 11) is 0. The zero-order chi connectivity index (χ0) is 14.2. The summed E-state index contributed by atoms with van der Waals surface area (Å²) in [5.74, 6) is 0.674. The van der Waals surface area contributed by atoms with Gasteiger partial charge in [-0.25, -0.2) is 0 Å². The SMILES string of the molecule is CCCCCC=CCCC=CCCC(C)CCC=O. The molecule has 1 unspecified atom stereocenters. The van der Waals surface area contributed by atoms with Crippen molar-refractivity contribution >= 4 is 6.29 Å². The third kappa shape index (κ3) is 15.1. The highest BCUT2D eigenvalue weighted by atomic mass is 16.1. The van der Waals surface area contributed by atoms with Gasteiger partial charge in [-0.1, -0.05) is 51.0 Å². The zero-order valence-electron chi connectivity index (χ0n) is 12.9. The fourth-order valence-corrected chi connectivity index (χ4v) is 2.05. The van der Waals surface area contributed by atoms with Crippen LogP contribution in [0, 0.1) is 5.92 Å². The second-order valence-corrected chi connectivity index (χ2v) is 5.44. The average molecular weight is 264 g/mol. The molecule has 0 saturated carbocycles. The van der Waals surface area contributed by atoms with Gasteiger partial charge < -0.3 is 4.79 Å². The van der Waals surface area contributed by atoms with Crippen molar-refractivity contribution in [3.05, 3.63) is 24.3 Å². The van der Waals surface area contributed by atoms with Gasteiger partial charge in [-0.3, -0.25) is 0 Å². The molecule has 0 radical (unpaired) electrons. The second kappa shape index (κ2) is 15.2. The van der Waals surface area contributed by atoms with Gasteiger partial charge in [0.25, 0.3) is 0 Å². The van der Waals surface area contributed by atoms with Crippen LogP contribution in [0.3, 0.4) is 0 Å². The van der Waals surface area contributed by atoms with Crippen LogP contribution in [0.25, 0.3) is 0 Å².